The molecule has 3 aromatic rings. The number of rotatable bonds is 10. The van der Waals surface area contributed by atoms with Crippen molar-refractivity contribution in [1.29, 1.82) is 0 Å². The molecule has 2 heterocycles. The van der Waals surface area contributed by atoms with E-state index in [0.717, 1.165) is 24.8 Å². The fourth-order valence-corrected chi connectivity index (χ4v) is 6.39. The second kappa shape index (κ2) is 12.5. The van der Waals surface area contributed by atoms with Crippen LogP contribution in [0.4, 0.5) is 4.39 Å². The fourth-order valence-electron chi connectivity index (χ4n) is 6.39. The summed E-state index contributed by atoms with van der Waals surface area (Å²) < 4.78 is 21.9. The molecule has 2 unspecified atom stereocenters. The van der Waals surface area contributed by atoms with E-state index < -0.39 is 11.5 Å². The predicted octanol–water partition coefficient (Wildman–Crippen LogP) is 5.52. The Hall–Kier alpha value is -3.26. The number of nitrogens with zero attached hydrogens (tertiary/aromatic N) is 4. The van der Waals surface area contributed by atoms with Gasteiger partial charge in [0, 0.05) is 25.1 Å². The number of fused-ring (bicyclic) bond motifs is 1. The topological polar surface area (TPSA) is 69.4 Å². The van der Waals surface area contributed by atoms with E-state index >= 15 is 0 Å². The lowest BCUT2D eigenvalue weighted by atomic mass is 9.75. The number of hydrogen-bond donors (Lipinski definition) is 0. The summed E-state index contributed by atoms with van der Waals surface area (Å²) in [5.74, 6) is 1.77. The summed E-state index contributed by atoms with van der Waals surface area (Å²) in [6, 6.07) is 12.3. The molecule has 1 saturated carbocycles. The number of likely N-dealkylation sites (tertiary alicyclic amines) is 1. The molecule has 5 rings (SSSR count). The van der Waals surface area contributed by atoms with Gasteiger partial charge in [0.15, 0.2) is 23.2 Å². The Morgan fingerprint density at radius 1 is 1.07 bits per heavy atom. The molecule has 2 fully saturated rings. The highest BCUT2D eigenvalue weighted by atomic mass is 19.1. The second-order valence-electron chi connectivity index (χ2n) is 11.9. The van der Waals surface area contributed by atoms with Gasteiger partial charge in [-0.2, -0.15) is 4.68 Å². The minimum absolute atomic E-state index is 0.0524. The van der Waals surface area contributed by atoms with Gasteiger partial charge in [0.2, 0.25) is 0 Å². The standard InChI is InChI=1S/C32H41FN4O3/c1-22(2)18-28(38)21-36-31(25-10-13-29(33)30(19-25)40-3)34-37(32(36)39)27-11-8-23(9-12-27)14-16-35-17-15-24-6-4-5-7-26(24)20-35/h8-13,19,22,24,26H,4-7,14-18,20-21H2,1-3H3. The molecule has 1 aromatic heterocycles. The summed E-state index contributed by atoms with van der Waals surface area (Å²) in [6.07, 6.45) is 8.24. The Labute approximate surface area is 236 Å². The van der Waals surface area contributed by atoms with Crippen LogP contribution in [0, 0.1) is 23.6 Å². The molecule has 40 heavy (non-hydrogen) atoms. The molecule has 0 N–H and O–H groups in total. The number of hydrogen-bond acceptors (Lipinski definition) is 5. The lowest BCUT2D eigenvalue weighted by Gasteiger charge is -2.41. The molecular formula is C32H41FN4O3. The summed E-state index contributed by atoms with van der Waals surface area (Å²) >= 11 is 0. The molecule has 0 bridgehead atoms. The molecular weight excluding hydrogens is 507 g/mol. The lowest BCUT2D eigenvalue weighted by Crippen LogP contribution is -2.42. The Balaban J connectivity index is 1.35. The largest absolute Gasteiger partial charge is 0.494 e. The van der Waals surface area contributed by atoms with Crippen LogP contribution in [0.15, 0.2) is 47.3 Å². The van der Waals surface area contributed by atoms with Crippen LogP contribution in [0.25, 0.3) is 17.1 Å². The van der Waals surface area contributed by atoms with Crippen molar-refractivity contribution in [2.24, 2.45) is 17.8 Å². The van der Waals surface area contributed by atoms with Gasteiger partial charge in [0.05, 0.1) is 19.3 Å². The van der Waals surface area contributed by atoms with Crippen molar-refractivity contribution >= 4 is 5.78 Å². The van der Waals surface area contributed by atoms with Crippen molar-refractivity contribution in [3.8, 4) is 22.8 Å². The number of ketones is 1. The van der Waals surface area contributed by atoms with E-state index in [-0.39, 0.29) is 24.0 Å². The lowest BCUT2D eigenvalue weighted by molar-refractivity contribution is -0.120. The first-order chi connectivity index (χ1) is 19.3. The van der Waals surface area contributed by atoms with Crippen molar-refractivity contribution in [3.05, 3.63) is 64.3 Å². The smallest absolute Gasteiger partial charge is 0.351 e. The first-order valence-corrected chi connectivity index (χ1v) is 14.7. The Bertz CT molecular complexity index is 1380. The summed E-state index contributed by atoms with van der Waals surface area (Å²) in [5.41, 5.74) is 1.95. The molecule has 0 radical (unpaired) electrons. The van der Waals surface area contributed by atoms with Gasteiger partial charge in [-0.05, 0) is 79.5 Å². The van der Waals surface area contributed by atoms with Crippen molar-refractivity contribution in [2.75, 3.05) is 26.7 Å². The molecule has 214 valence electrons. The van der Waals surface area contributed by atoms with Crippen molar-refractivity contribution in [2.45, 2.75) is 65.3 Å². The number of carbonyl (C=O) groups excluding carboxylic acids is 1. The van der Waals surface area contributed by atoms with E-state index in [1.54, 1.807) is 6.07 Å². The van der Waals surface area contributed by atoms with Crippen LogP contribution in [0.1, 0.15) is 57.9 Å². The average molecular weight is 549 g/mol. The molecule has 8 heteroatoms. The van der Waals surface area contributed by atoms with Gasteiger partial charge in [-0.25, -0.2) is 9.18 Å². The van der Waals surface area contributed by atoms with E-state index in [4.69, 9.17) is 4.74 Å². The van der Waals surface area contributed by atoms with Crippen molar-refractivity contribution in [1.82, 2.24) is 19.2 Å². The molecule has 2 aromatic carbocycles. The van der Waals surface area contributed by atoms with Crippen molar-refractivity contribution < 1.29 is 13.9 Å². The zero-order valence-corrected chi connectivity index (χ0v) is 23.9. The molecule has 2 atom stereocenters. The highest BCUT2D eigenvalue weighted by Gasteiger charge is 2.30. The molecule has 1 aliphatic carbocycles. The Kier molecular flexibility index (Phi) is 8.84. The molecule has 1 aliphatic heterocycles. The molecule has 7 nitrogen and oxygen atoms in total. The minimum atomic E-state index is -0.505. The van der Waals surface area contributed by atoms with Crippen LogP contribution in [0.2, 0.25) is 0 Å². The van der Waals surface area contributed by atoms with Crippen LogP contribution in [-0.2, 0) is 17.8 Å². The van der Waals surface area contributed by atoms with E-state index in [9.17, 15) is 14.0 Å². The number of halogens is 1. The molecule has 1 saturated heterocycles. The molecule has 0 spiro atoms. The number of ether oxygens (including phenoxy) is 1. The Morgan fingerprint density at radius 2 is 1.82 bits per heavy atom. The van der Waals surface area contributed by atoms with Gasteiger partial charge in [-0.15, -0.1) is 5.10 Å². The van der Waals surface area contributed by atoms with E-state index in [0.29, 0.717) is 23.5 Å². The third-order valence-electron chi connectivity index (χ3n) is 8.52. The van der Waals surface area contributed by atoms with E-state index in [1.807, 2.05) is 26.0 Å². The predicted molar refractivity (Wildman–Crippen MR) is 154 cm³/mol. The summed E-state index contributed by atoms with van der Waals surface area (Å²) in [5, 5.41) is 4.60. The normalized spacial score (nSPS) is 19.5. The van der Waals surface area contributed by atoms with Crippen LogP contribution >= 0.6 is 0 Å². The van der Waals surface area contributed by atoms with E-state index in [1.165, 1.54) is 79.2 Å². The first-order valence-electron chi connectivity index (χ1n) is 14.7. The monoisotopic (exact) mass is 548 g/mol. The maximum Gasteiger partial charge on any atom is 0.351 e. The number of Topliss-reactive ketones (excluding diaryl/α,β-unsaturated/α-hetero) is 1. The molecule has 0 amide bonds. The van der Waals surface area contributed by atoms with Crippen LogP contribution in [0.3, 0.4) is 0 Å². The second-order valence-corrected chi connectivity index (χ2v) is 11.9. The SMILES string of the molecule is COc1cc(-c2nn(-c3ccc(CCN4CCC5CCCCC5C4)cc3)c(=O)n2CC(=O)CC(C)C)ccc1F. The maximum absolute atomic E-state index is 14.1. The zero-order valence-electron chi connectivity index (χ0n) is 23.9. The third kappa shape index (κ3) is 6.38. The molecule has 2 aliphatic rings. The number of piperidine rings is 1. The van der Waals surface area contributed by atoms with Gasteiger partial charge in [-0.3, -0.25) is 9.36 Å². The number of carbonyl (C=O) groups is 1. The van der Waals surface area contributed by atoms with Gasteiger partial charge in [0.1, 0.15) is 0 Å². The average Bonchev–Trinajstić information content (AvgIpc) is 3.27. The highest BCUT2D eigenvalue weighted by molar-refractivity contribution is 5.79. The van der Waals surface area contributed by atoms with Gasteiger partial charge >= 0.3 is 5.69 Å². The van der Waals surface area contributed by atoms with E-state index in [2.05, 4.69) is 22.1 Å². The van der Waals surface area contributed by atoms with Crippen molar-refractivity contribution in [3.63, 3.8) is 0 Å². The van der Waals surface area contributed by atoms with Crippen LogP contribution in [-0.4, -0.2) is 51.8 Å². The summed E-state index contributed by atoms with van der Waals surface area (Å²) in [7, 11) is 1.39. The van der Waals surface area contributed by atoms with Crippen LogP contribution < -0.4 is 10.4 Å². The highest BCUT2D eigenvalue weighted by Crippen LogP contribution is 2.36. The third-order valence-corrected chi connectivity index (χ3v) is 8.52. The number of benzene rings is 2. The van der Waals surface area contributed by atoms with Gasteiger partial charge in [-0.1, -0.05) is 45.2 Å². The minimum Gasteiger partial charge on any atom is -0.494 e. The number of aromatic nitrogens is 3. The fraction of sp³-hybridized carbons (Fsp3) is 0.531. The zero-order chi connectivity index (χ0) is 28.2. The summed E-state index contributed by atoms with van der Waals surface area (Å²) in [4.78, 5) is 28.9. The maximum atomic E-state index is 14.1. The Morgan fingerprint density at radius 3 is 2.55 bits per heavy atom. The number of methoxy groups -OCH3 is 1. The summed E-state index contributed by atoms with van der Waals surface area (Å²) in [6.45, 7) is 7.30. The van der Waals surface area contributed by atoms with Gasteiger partial charge < -0.3 is 9.64 Å². The quantitative estimate of drug-likeness (QED) is 0.334. The first kappa shape index (κ1) is 28.3. The van der Waals surface area contributed by atoms with Crippen LogP contribution in [0.5, 0.6) is 5.75 Å². The van der Waals surface area contributed by atoms with Gasteiger partial charge in [0.25, 0.3) is 0 Å².